The first kappa shape index (κ1) is 16.3. The molecule has 3 heteroatoms. The van der Waals surface area contributed by atoms with E-state index in [0.29, 0.717) is 0 Å². The van der Waals surface area contributed by atoms with Gasteiger partial charge in [-0.15, -0.1) is 0 Å². The van der Waals surface area contributed by atoms with E-state index in [0.717, 1.165) is 51.1 Å². The number of fused-ring (bicyclic) bond motifs is 2. The van der Waals surface area contributed by atoms with Crippen molar-refractivity contribution >= 4 is 5.57 Å². The Bertz CT molecular complexity index is 799. The summed E-state index contributed by atoms with van der Waals surface area (Å²) in [6.07, 6.45) is 6.31. The van der Waals surface area contributed by atoms with Crippen molar-refractivity contribution in [1.29, 1.82) is 0 Å². The Kier molecular flexibility index (Phi) is 4.58. The second-order valence-corrected chi connectivity index (χ2v) is 6.95. The van der Waals surface area contributed by atoms with Crippen LogP contribution in [0, 0.1) is 0 Å². The van der Waals surface area contributed by atoms with Gasteiger partial charge in [-0.3, -0.25) is 4.98 Å². The van der Waals surface area contributed by atoms with Crippen LogP contribution in [-0.4, -0.2) is 36.6 Å². The number of hydrogen-bond donors (Lipinski definition) is 0. The van der Waals surface area contributed by atoms with E-state index in [-0.39, 0.29) is 0 Å². The van der Waals surface area contributed by atoms with Crippen molar-refractivity contribution in [3.05, 3.63) is 64.5 Å². The number of pyridine rings is 1. The molecule has 0 saturated carbocycles. The van der Waals surface area contributed by atoms with E-state index < -0.39 is 0 Å². The van der Waals surface area contributed by atoms with Crippen molar-refractivity contribution in [2.24, 2.45) is 0 Å². The molecule has 4 rings (SSSR count). The number of piperidine rings is 1. The zero-order valence-electron chi connectivity index (χ0n) is 15.2. The first-order valence-electron chi connectivity index (χ1n) is 9.36. The minimum atomic E-state index is 0.947. The van der Waals surface area contributed by atoms with Crippen molar-refractivity contribution in [3.8, 4) is 5.75 Å². The number of benzene rings is 1. The first-order chi connectivity index (χ1) is 12.3. The number of hydrogen-bond acceptors (Lipinski definition) is 3. The van der Waals surface area contributed by atoms with E-state index in [9.17, 15) is 0 Å². The van der Waals surface area contributed by atoms with Crippen molar-refractivity contribution in [2.75, 3.05) is 26.7 Å². The summed E-state index contributed by atoms with van der Waals surface area (Å²) in [5.41, 5.74) is 8.28. The Morgan fingerprint density at radius 3 is 2.60 bits per heavy atom. The van der Waals surface area contributed by atoms with Crippen molar-refractivity contribution in [1.82, 2.24) is 9.88 Å². The molecule has 1 fully saturated rings. The maximum Gasteiger partial charge on any atom is 0.119 e. The highest BCUT2D eigenvalue weighted by Gasteiger charge is 2.24. The normalized spacial score (nSPS) is 17.7. The van der Waals surface area contributed by atoms with E-state index in [4.69, 9.17) is 9.72 Å². The van der Waals surface area contributed by atoms with Crippen LogP contribution in [0.4, 0.5) is 0 Å². The van der Waals surface area contributed by atoms with Gasteiger partial charge in [0.25, 0.3) is 0 Å². The lowest BCUT2D eigenvalue weighted by molar-refractivity contribution is 0.270. The highest BCUT2D eigenvalue weighted by molar-refractivity contribution is 5.84. The van der Waals surface area contributed by atoms with Crippen LogP contribution in [0.25, 0.3) is 5.57 Å². The summed E-state index contributed by atoms with van der Waals surface area (Å²) in [6.45, 7) is 5.71. The number of nitrogens with zero attached hydrogens (tertiary/aromatic N) is 2. The van der Waals surface area contributed by atoms with Crippen LogP contribution in [0.15, 0.2) is 42.1 Å². The van der Waals surface area contributed by atoms with Gasteiger partial charge in [0.2, 0.25) is 0 Å². The molecule has 1 aromatic heterocycles. The van der Waals surface area contributed by atoms with Crippen LogP contribution >= 0.6 is 0 Å². The first-order valence-corrected chi connectivity index (χ1v) is 9.36. The summed E-state index contributed by atoms with van der Waals surface area (Å²) in [6, 6.07) is 10.9. The zero-order valence-corrected chi connectivity index (χ0v) is 15.2. The van der Waals surface area contributed by atoms with Crippen molar-refractivity contribution in [3.63, 3.8) is 0 Å². The SMILES string of the molecule is CCN1CCC(=C2c3ccc(OC)cc3CCc3cccnc32)CC1. The van der Waals surface area contributed by atoms with Gasteiger partial charge < -0.3 is 9.64 Å². The Labute approximate surface area is 150 Å². The molecule has 0 N–H and O–H groups in total. The number of ether oxygens (including phenoxy) is 1. The third-order valence-electron chi connectivity index (χ3n) is 5.63. The summed E-state index contributed by atoms with van der Waals surface area (Å²) in [5.74, 6) is 0.947. The summed E-state index contributed by atoms with van der Waals surface area (Å²) in [5, 5.41) is 0. The molecule has 1 aliphatic heterocycles. The molecule has 130 valence electrons. The van der Waals surface area contributed by atoms with Gasteiger partial charge in [0.1, 0.15) is 5.75 Å². The third-order valence-corrected chi connectivity index (χ3v) is 5.63. The average Bonchev–Trinajstić information content (AvgIpc) is 2.84. The molecule has 0 atom stereocenters. The molecule has 1 aliphatic carbocycles. The smallest absolute Gasteiger partial charge is 0.119 e. The second-order valence-electron chi connectivity index (χ2n) is 6.95. The van der Waals surface area contributed by atoms with Crippen LogP contribution in [0.1, 0.15) is 42.1 Å². The molecule has 2 heterocycles. The number of rotatable bonds is 2. The van der Waals surface area contributed by atoms with E-state index in [1.807, 2.05) is 6.20 Å². The molecule has 1 aromatic carbocycles. The summed E-state index contributed by atoms with van der Waals surface area (Å²) >= 11 is 0. The van der Waals surface area contributed by atoms with E-state index in [2.05, 4.69) is 42.2 Å². The molecule has 1 saturated heterocycles. The summed E-state index contributed by atoms with van der Waals surface area (Å²) < 4.78 is 5.47. The second kappa shape index (κ2) is 7.01. The standard InChI is InChI=1S/C22H26N2O/c1-3-24-13-10-16(11-14-24)21-20-9-8-19(25-2)15-18(20)7-6-17-5-4-12-23-22(17)21/h4-5,8-9,12,15H,3,6-7,10-11,13-14H2,1-2H3. The summed E-state index contributed by atoms with van der Waals surface area (Å²) in [7, 11) is 1.74. The predicted molar refractivity (Wildman–Crippen MR) is 102 cm³/mol. The van der Waals surface area contributed by atoms with Gasteiger partial charge in [0, 0.05) is 24.9 Å². The largest absolute Gasteiger partial charge is 0.497 e. The van der Waals surface area contributed by atoms with Gasteiger partial charge in [-0.1, -0.05) is 24.6 Å². The lowest BCUT2D eigenvalue weighted by atomic mass is 9.88. The predicted octanol–water partition coefficient (Wildman–Crippen LogP) is 4.11. The molecule has 2 aliphatic rings. The average molecular weight is 334 g/mol. The molecule has 25 heavy (non-hydrogen) atoms. The molecule has 0 bridgehead atoms. The number of aryl methyl sites for hydroxylation is 2. The zero-order chi connectivity index (χ0) is 17.2. The molecule has 3 nitrogen and oxygen atoms in total. The lowest BCUT2D eigenvalue weighted by Gasteiger charge is -2.29. The molecule has 0 unspecified atom stereocenters. The fourth-order valence-corrected chi connectivity index (χ4v) is 4.16. The van der Waals surface area contributed by atoms with Gasteiger partial charge in [-0.2, -0.15) is 0 Å². The highest BCUT2D eigenvalue weighted by Crippen LogP contribution is 2.38. The number of methoxy groups -OCH3 is 1. The molecule has 0 amide bonds. The van der Waals surface area contributed by atoms with Crippen LogP contribution in [0.3, 0.4) is 0 Å². The molecule has 2 aromatic rings. The van der Waals surface area contributed by atoms with Crippen LogP contribution in [0.5, 0.6) is 5.75 Å². The highest BCUT2D eigenvalue weighted by atomic mass is 16.5. The van der Waals surface area contributed by atoms with Crippen LogP contribution in [0.2, 0.25) is 0 Å². The van der Waals surface area contributed by atoms with Crippen molar-refractivity contribution in [2.45, 2.75) is 32.6 Å². The number of aromatic nitrogens is 1. The Balaban J connectivity index is 1.87. The Hall–Kier alpha value is -2.13. The van der Waals surface area contributed by atoms with Gasteiger partial charge >= 0.3 is 0 Å². The molecule has 0 radical (unpaired) electrons. The summed E-state index contributed by atoms with van der Waals surface area (Å²) in [4.78, 5) is 7.35. The fourth-order valence-electron chi connectivity index (χ4n) is 4.16. The maximum atomic E-state index is 5.47. The third kappa shape index (κ3) is 3.09. The van der Waals surface area contributed by atoms with E-state index in [1.165, 1.54) is 28.0 Å². The topological polar surface area (TPSA) is 25.4 Å². The van der Waals surface area contributed by atoms with E-state index >= 15 is 0 Å². The fraction of sp³-hybridized carbons (Fsp3) is 0.409. The van der Waals surface area contributed by atoms with Gasteiger partial charge in [-0.05, 0) is 67.1 Å². The Morgan fingerprint density at radius 2 is 1.84 bits per heavy atom. The van der Waals surface area contributed by atoms with Crippen LogP contribution in [-0.2, 0) is 12.8 Å². The Morgan fingerprint density at radius 1 is 1.04 bits per heavy atom. The molecular formula is C22H26N2O. The van der Waals surface area contributed by atoms with Gasteiger partial charge in [-0.25, -0.2) is 0 Å². The quantitative estimate of drug-likeness (QED) is 0.826. The van der Waals surface area contributed by atoms with E-state index in [1.54, 1.807) is 12.7 Å². The minimum Gasteiger partial charge on any atom is -0.497 e. The maximum absolute atomic E-state index is 5.47. The van der Waals surface area contributed by atoms with Gasteiger partial charge in [0.05, 0.1) is 12.8 Å². The minimum absolute atomic E-state index is 0.947. The van der Waals surface area contributed by atoms with Crippen molar-refractivity contribution < 1.29 is 4.74 Å². The molecule has 0 spiro atoms. The number of likely N-dealkylation sites (tertiary alicyclic amines) is 1. The lowest BCUT2D eigenvalue weighted by Crippen LogP contribution is -2.30. The van der Waals surface area contributed by atoms with Crippen LogP contribution < -0.4 is 4.74 Å². The monoisotopic (exact) mass is 334 g/mol. The molecular weight excluding hydrogens is 308 g/mol. The van der Waals surface area contributed by atoms with Gasteiger partial charge in [0.15, 0.2) is 0 Å².